The van der Waals surface area contributed by atoms with Crippen molar-refractivity contribution in [3.8, 4) is 0 Å². The van der Waals surface area contributed by atoms with E-state index in [2.05, 4.69) is 142 Å². The van der Waals surface area contributed by atoms with Crippen LogP contribution in [0.15, 0.2) is 122 Å². The first-order valence-corrected chi connectivity index (χ1v) is 27.5. The molecule has 0 aliphatic rings. The van der Waals surface area contributed by atoms with Gasteiger partial charge in [-0.05, 0) is 109 Å². The molecule has 0 aromatic rings. The molecule has 0 aliphatic carbocycles. The normalized spacial score (nSPS) is 12.6. The molecule has 6 heteroatoms. The highest BCUT2D eigenvalue weighted by molar-refractivity contribution is 5.71. The summed E-state index contributed by atoms with van der Waals surface area (Å²) in [6, 6.07) is 0. The van der Waals surface area contributed by atoms with E-state index in [0.717, 1.165) is 135 Å². The topological polar surface area (TPSA) is 78.9 Å². The van der Waals surface area contributed by atoms with Crippen molar-refractivity contribution in [2.24, 2.45) is 0 Å². The fourth-order valence-corrected chi connectivity index (χ4v) is 7.14. The summed E-state index contributed by atoms with van der Waals surface area (Å²) in [6.07, 6.45) is 76.1. The third-order valence-corrected chi connectivity index (χ3v) is 11.2. The lowest BCUT2D eigenvalue weighted by molar-refractivity contribution is -0.167. The summed E-state index contributed by atoms with van der Waals surface area (Å²) in [7, 11) is 0. The van der Waals surface area contributed by atoms with Crippen LogP contribution in [0.4, 0.5) is 0 Å². The number of hydrogen-bond acceptors (Lipinski definition) is 6. The maximum atomic E-state index is 12.8. The van der Waals surface area contributed by atoms with Gasteiger partial charge in [0.1, 0.15) is 13.2 Å². The van der Waals surface area contributed by atoms with E-state index in [0.29, 0.717) is 19.3 Å². The Hall–Kier alpha value is -4.19. The molecule has 0 fully saturated rings. The van der Waals surface area contributed by atoms with Crippen molar-refractivity contribution in [2.45, 2.75) is 239 Å². The monoisotopic (exact) mass is 941 g/mol. The lowest BCUT2D eigenvalue weighted by atomic mass is 10.0. The van der Waals surface area contributed by atoms with Gasteiger partial charge in [0.05, 0.1) is 0 Å². The number of unbranched alkanes of at least 4 members (excludes halogenated alkanes) is 17. The molecule has 0 bridgehead atoms. The van der Waals surface area contributed by atoms with Crippen LogP contribution in [0.25, 0.3) is 0 Å². The van der Waals surface area contributed by atoms with Crippen molar-refractivity contribution in [1.29, 1.82) is 0 Å². The highest BCUT2D eigenvalue weighted by Gasteiger charge is 2.19. The summed E-state index contributed by atoms with van der Waals surface area (Å²) in [5.41, 5.74) is 0. The summed E-state index contributed by atoms with van der Waals surface area (Å²) in [5.74, 6) is -0.972. The first-order valence-electron chi connectivity index (χ1n) is 27.5. The van der Waals surface area contributed by atoms with Gasteiger partial charge in [0.25, 0.3) is 0 Å². The van der Waals surface area contributed by atoms with Crippen LogP contribution in [-0.2, 0) is 28.6 Å². The van der Waals surface area contributed by atoms with E-state index in [1.54, 1.807) is 0 Å². The Labute approximate surface area is 418 Å². The first kappa shape index (κ1) is 63.8. The van der Waals surface area contributed by atoms with Gasteiger partial charge in [-0.2, -0.15) is 0 Å². The zero-order valence-corrected chi connectivity index (χ0v) is 43.8. The molecule has 0 unspecified atom stereocenters. The van der Waals surface area contributed by atoms with E-state index in [4.69, 9.17) is 14.2 Å². The van der Waals surface area contributed by atoms with Gasteiger partial charge < -0.3 is 14.2 Å². The van der Waals surface area contributed by atoms with Crippen LogP contribution < -0.4 is 0 Å². The van der Waals surface area contributed by atoms with Crippen LogP contribution in [0.2, 0.25) is 0 Å². The smallest absolute Gasteiger partial charge is 0.306 e. The van der Waals surface area contributed by atoms with Gasteiger partial charge in [0.15, 0.2) is 6.10 Å². The van der Waals surface area contributed by atoms with Gasteiger partial charge in [-0.25, -0.2) is 0 Å². The molecule has 0 spiro atoms. The Morgan fingerprint density at radius 3 is 0.897 bits per heavy atom. The molecular weight excluding hydrogens is 841 g/mol. The molecule has 0 atom stereocenters. The van der Waals surface area contributed by atoms with Crippen molar-refractivity contribution in [1.82, 2.24) is 0 Å². The van der Waals surface area contributed by atoms with Gasteiger partial charge >= 0.3 is 17.9 Å². The maximum absolute atomic E-state index is 12.8. The Morgan fingerprint density at radius 2 is 0.574 bits per heavy atom. The Bertz CT molecular complexity index is 1360. The van der Waals surface area contributed by atoms with Crippen molar-refractivity contribution in [3.05, 3.63) is 122 Å². The minimum Gasteiger partial charge on any atom is -0.462 e. The molecule has 0 N–H and O–H groups in total. The molecule has 0 amide bonds. The average Bonchev–Trinajstić information content (AvgIpc) is 3.34. The molecule has 0 rings (SSSR count). The van der Waals surface area contributed by atoms with E-state index in [9.17, 15) is 14.4 Å². The van der Waals surface area contributed by atoms with Crippen molar-refractivity contribution < 1.29 is 28.6 Å². The molecule has 0 saturated heterocycles. The van der Waals surface area contributed by atoms with Gasteiger partial charge in [0.2, 0.25) is 0 Å². The predicted molar refractivity (Wildman–Crippen MR) is 293 cm³/mol. The molecule has 0 aliphatic heterocycles. The molecular formula is C62H100O6. The minimum atomic E-state index is -0.807. The quantitative estimate of drug-likeness (QED) is 0.0262. The maximum Gasteiger partial charge on any atom is 0.306 e. The number of ether oxygens (including phenoxy) is 3. The zero-order valence-electron chi connectivity index (χ0n) is 43.8. The minimum absolute atomic E-state index is 0.108. The Balaban J connectivity index is 4.49. The third kappa shape index (κ3) is 52.8. The fourth-order valence-electron chi connectivity index (χ4n) is 7.14. The van der Waals surface area contributed by atoms with Crippen LogP contribution in [0.1, 0.15) is 233 Å². The van der Waals surface area contributed by atoms with Crippen molar-refractivity contribution in [3.63, 3.8) is 0 Å². The van der Waals surface area contributed by atoms with E-state index >= 15 is 0 Å². The standard InChI is InChI=1S/C62H100O6/c1-4-7-10-13-16-19-22-25-27-29-31-33-35-37-40-42-45-48-51-54-60(63)66-57-59(68-62(65)56-53-50-47-44-39-24-21-18-15-12-9-6-3)58-67-61(64)55-52-49-46-43-41-38-36-34-32-30-28-26-23-20-17-14-11-8-5-2/h7-8,10-11,16-17,19-20,25-28,31-34,37-38,40-41,59H,4-6,9,12-15,18,21-24,29-30,35-36,39,42-58H2,1-3H3/b10-7-,11-8-,19-16-,20-17-,27-25-,28-26-,33-31-,34-32-,40-37-,41-38-. The van der Waals surface area contributed by atoms with E-state index in [1.807, 2.05) is 0 Å². The Kier molecular flexibility index (Phi) is 52.0. The number of carbonyl (C=O) groups excluding carboxylic acids is 3. The molecule has 68 heavy (non-hydrogen) atoms. The average molecular weight is 941 g/mol. The first-order chi connectivity index (χ1) is 33.5. The third-order valence-electron chi connectivity index (χ3n) is 11.2. The highest BCUT2D eigenvalue weighted by Crippen LogP contribution is 2.14. The van der Waals surface area contributed by atoms with Gasteiger partial charge in [-0.1, -0.05) is 226 Å². The van der Waals surface area contributed by atoms with Gasteiger partial charge in [0, 0.05) is 19.3 Å². The highest BCUT2D eigenvalue weighted by atomic mass is 16.6. The van der Waals surface area contributed by atoms with Crippen molar-refractivity contribution >= 4 is 17.9 Å². The number of carbonyl (C=O) groups is 3. The lowest BCUT2D eigenvalue weighted by Gasteiger charge is -2.18. The van der Waals surface area contributed by atoms with Gasteiger partial charge in [-0.3, -0.25) is 14.4 Å². The van der Waals surface area contributed by atoms with Crippen LogP contribution in [0.3, 0.4) is 0 Å². The van der Waals surface area contributed by atoms with Crippen LogP contribution in [-0.4, -0.2) is 37.2 Å². The van der Waals surface area contributed by atoms with Gasteiger partial charge in [-0.15, -0.1) is 0 Å². The summed E-state index contributed by atoms with van der Waals surface area (Å²) in [6.45, 7) is 6.34. The molecule has 384 valence electrons. The molecule has 0 saturated carbocycles. The second-order valence-electron chi connectivity index (χ2n) is 17.7. The second kappa shape index (κ2) is 55.4. The summed E-state index contributed by atoms with van der Waals surface area (Å²) in [4.78, 5) is 38.1. The fraction of sp³-hybridized carbons (Fsp3) is 0.629. The summed E-state index contributed by atoms with van der Waals surface area (Å²) >= 11 is 0. The summed E-state index contributed by atoms with van der Waals surface area (Å²) < 4.78 is 16.8. The lowest BCUT2D eigenvalue weighted by Crippen LogP contribution is -2.30. The number of hydrogen-bond donors (Lipinski definition) is 0. The molecule has 0 radical (unpaired) electrons. The summed E-state index contributed by atoms with van der Waals surface area (Å²) in [5, 5.41) is 0. The molecule has 0 aromatic carbocycles. The number of esters is 3. The van der Waals surface area contributed by atoms with E-state index in [-0.39, 0.29) is 31.1 Å². The number of allylic oxidation sites excluding steroid dienone is 20. The van der Waals surface area contributed by atoms with Crippen LogP contribution >= 0.6 is 0 Å². The Morgan fingerprint density at radius 1 is 0.309 bits per heavy atom. The largest absolute Gasteiger partial charge is 0.462 e. The molecule has 0 heterocycles. The van der Waals surface area contributed by atoms with E-state index in [1.165, 1.54) is 57.8 Å². The second-order valence-corrected chi connectivity index (χ2v) is 17.7. The van der Waals surface area contributed by atoms with E-state index < -0.39 is 6.10 Å². The predicted octanol–water partition coefficient (Wildman–Crippen LogP) is 18.5. The SMILES string of the molecule is CC/C=C\C/C=C\C/C=C\C/C=C\C/C=C\CCCCCC(=O)OCC(COC(=O)CCCCC/C=C\C/C=C\C/C=C\C/C=C\C/C=C\CC)OC(=O)CCCCCCCCCCCCCC. The zero-order chi connectivity index (χ0) is 49.3. The molecule has 0 aromatic heterocycles. The number of rotatable bonds is 48. The van der Waals surface area contributed by atoms with Crippen molar-refractivity contribution in [2.75, 3.05) is 13.2 Å². The van der Waals surface area contributed by atoms with Crippen LogP contribution in [0, 0.1) is 0 Å². The van der Waals surface area contributed by atoms with Crippen LogP contribution in [0.5, 0.6) is 0 Å². The molecule has 6 nitrogen and oxygen atoms in total.